The first-order valence-corrected chi connectivity index (χ1v) is 13.4. The average molecular weight is 567 g/mol. The third kappa shape index (κ3) is 5.14. The average Bonchev–Trinajstić information content (AvgIpc) is 3.43. The van der Waals surface area contributed by atoms with Crippen LogP contribution in [0.25, 0.3) is 0 Å². The predicted molar refractivity (Wildman–Crippen MR) is 137 cm³/mol. The fourth-order valence-electron chi connectivity index (χ4n) is 3.90. The van der Waals surface area contributed by atoms with Gasteiger partial charge in [0.2, 0.25) is 0 Å². The van der Waals surface area contributed by atoms with Crippen molar-refractivity contribution in [3.63, 3.8) is 0 Å². The highest BCUT2D eigenvalue weighted by molar-refractivity contribution is 7.90. The number of sulfonamides is 1. The molecule has 0 saturated heterocycles. The largest absolute Gasteiger partial charge is 0.497 e. The Bertz CT molecular complexity index is 1450. The van der Waals surface area contributed by atoms with E-state index in [0.717, 1.165) is 0 Å². The zero-order valence-electron chi connectivity index (χ0n) is 20.2. The van der Waals surface area contributed by atoms with E-state index in [9.17, 15) is 18.0 Å². The minimum Gasteiger partial charge on any atom is -0.497 e. The van der Waals surface area contributed by atoms with Crippen molar-refractivity contribution in [2.75, 3.05) is 20.4 Å². The molecule has 1 aliphatic heterocycles. The van der Waals surface area contributed by atoms with Crippen molar-refractivity contribution in [2.45, 2.75) is 31.2 Å². The number of halogens is 2. The van der Waals surface area contributed by atoms with E-state index in [1.54, 1.807) is 6.07 Å². The summed E-state index contributed by atoms with van der Waals surface area (Å²) in [6, 6.07) is 9.60. The van der Waals surface area contributed by atoms with E-state index in [-0.39, 0.29) is 44.3 Å². The topological polar surface area (TPSA) is 104 Å². The van der Waals surface area contributed by atoms with Crippen LogP contribution < -0.4 is 9.47 Å². The molecule has 196 valence electrons. The van der Waals surface area contributed by atoms with Crippen molar-refractivity contribution in [3.8, 4) is 11.5 Å². The van der Waals surface area contributed by atoms with Crippen molar-refractivity contribution >= 4 is 45.1 Å². The second kappa shape index (κ2) is 10.6. The number of rotatable bonds is 9. The summed E-state index contributed by atoms with van der Waals surface area (Å²) in [7, 11) is -2.89. The van der Waals surface area contributed by atoms with Crippen LogP contribution in [0.3, 0.4) is 0 Å². The highest BCUT2D eigenvalue weighted by Crippen LogP contribution is 2.39. The number of methoxy groups -OCH3 is 1. The van der Waals surface area contributed by atoms with E-state index in [0.29, 0.717) is 22.2 Å². The smallest absolute Gasteiger partial charge is 0.343 e. The predicted octanol–water partition coefficient (Wildman–Crippen LogP) is 4.96. The Hall–Kier alpha value is -3.21. The molecule has 0 unspecified atom stereocenters. The van der Waals surface area contributed by atoms with Gasteiger partial charge in [-0.15, -0.1) is 0 Å². The lowest BCUT2D eigenvalue weighted by atomic mass is 9.96. The fourth-order valence-corrected chi connectivity index (χ4v) is 5.94. The summed E-state index contributed by atoms with van der Waals surface area (Å²) in [4.78, 5) is 25.8. The second-order valence-electron chi connectivity index (χ2n) is 8.47. The highest BCUT2D eigenvalue weighted by atomic mass is 35.5. The van der Waals surface area contributed by atoms with Gasteiger partial charge in [-0.05, 0) is 41.8 Å². The molecule has 4 rings (SSSR count). The van der Waals surface area contributed by atoms with Crippen LogP contribution in [0.15, 0.2) is 53.7 Å². The molecule has 0 fully saturated rings. The van der Waals surface area contributed by atoms with Crippen LogP contribution in [0, 0.1) is 0 Å². The molecule has 0 aliphatic carbocycles. The molecule has 1 aromatic heterocycles. The summed E-state index contributed by atoms with van der Waals surface area (Å²) in [6.07, 6.45) is 3.75. The number of hydrogen-bond donors (Lipinski definition) is 0. The monoisotopic (exact) mass is 566 g/mol. The van der Waals surface area contributed by atoms with Crippen molar-refractivity contribution in [2.24, 2.45) is 0 Å². The van der Waals surface area contributed by atoms with E-state index in [4.69, 9.17) is 37.4 Å². The number of amides is 1. The first-order chi connectivity index (χ1) is 17.6. The molecule has 0 bridgehead atoms. The first kappa shape index (κ1) is 26.8. The Morgan fingerprint density at radius 2 is 1.81 bits per heavy atom. The maximum absolute atomic E-state index is 13.2. The first-order valence-electron chi connectivity index (χ1n) is 11.2. The van der Waals surface area contributed by atoms with Gasteiger partial charge in [-0.25, -0.2) is 13.2 Å². The number of carbonyl (C=O) groups excluding carboxylic acids is 2. The van der Waals surface area contributed by atoms with E-state index in [1.165, 1.54) is 25.3 Å². The maximum Gasteiger partial charge on any atom is 0.343 e. The third-order valence-corrected chi connectivity index (χ3v) is 8.24. The molecular formula is C25H24Cl2N2O7S. The molecule has 3 aromatic rings. The van der Waals surface area contributed by atoms with Crippen LogP contribution in [0.1, 0.15) is 46.0 Å². The van der Waals surface area contributed by atoms with Crippen LogP contribution in [-0.2, 0) is 21.3 Å². The molecule has 1 aliphatic rings. The number of nitrogens with zero attached hydrogens (tertiary/aromatic N) is 2. The van der Waals surface area contributed by atoms with E-state index < -0.39 is 28.6 Å². The Kier molecular flexibility index (Phi) is 7.72. The zero-order chi connectivity index (χ0) is 26.9. The van der Waals surface area contributed by atoms with E-state index in [1.807, 2.05) is 42.9 Å². The summed E-state index contributed by atoms with van der Waals surface area (Å²) in [5.41, 5.74) is 0.335. The Labute approximate surface area is 224 Å². The molecule has 9 nitrogen and oxygen atoms in total. The molecule has 0 saturated carbocycles. The lowest BCUT2D eigenvalue weighted by molar-refractivity contribution is 0.0357. The molecule has 2 aromatic carbocycles. The van der Waals surface area contributed by atoms with E-state index >= 15 is 0 Å². The van der Waals surface area contributed by atoms with Crippen LogP contribution in [-0.4, -0.2) is 49.6 Å². The molecule has 12 heteroatoms. The summed E-state index contributed by atoms with van der Waals surface area (Å²) in [5.74, 6) is -1.47. The lowest BCUT2D eigenvalue weighted by Gasteiger charge is -2.17. The van der Waals surface area contributed by atoms with Gasteiger partial charge in [0.15, 0.2) is 6.73 Å². The molecule has 0 spiro atoms. The van der Waals surface area contributed by atoms with Crippen molar-refractivity contribution in [1.29, 1.82) is 0 Å². The SMILES string of the molecule is COc1cc(C(C)C)c2c(c1)S(=O)(=O)N(COC(=O)c1c(Cl)ccc(OCCn3cccc3)c1Cl)C2=O. The van der Waals surface area contributed by atoms with Gasteiger partial charge in [0.1, 0.15) is 28.6 Å². The zero-order valence-corrected chi connectivity index (χ0v) is 22.6. The number of fused-ring (bicyclic) bond motifs is 1. The number of carbonyl (C=O) groups is 2. The van der Waals surface area contributed by atoms with Gasteiger partial charge >= 0.3 is 5.97 Å². The number of esters is 1. The summed E-state index contributed by atoms with van der Waals surface area (Å²) in [6.45, 7) is 3.61. The molecule has 0 N–H and O–H groups in total. The molecular weight excluding hydrogens is 543 g/mol. The fraction of sp³-hybridized carbons (Fsp3) is 0.280. The molecule has 0 atom stereocenters. The van der Waals surface area contributed by atoms with Gasteiger partial charge in [0.05, 0.1) is 29.3 Å². The van der Waals surface area contributed by atoms with E-state index in [2.05, 4.69) is 0 Å². The third-order valence-electron chi connectivity index (χ3n) is 5.82. The number of aromatic nitrogens is 1. The lowest BCUT2D eigenvalue weighted by Crippen LogP contribution is -2.33. The molecule has 0 radical (unpaired) electrons. The number of hydrogen-bond acceptors (Lipinski definition) is 7. The van der Waals surface area contributed by atoms with Crippen molar-refractivity contribution < 1.29 is 32.2 Å². The van der Waals surface area contributed by atoms with Crippen molar-refractivity contribution in [3.05, 3.63) is 75.5 Å². The van der Waals surface area contributed by atoms with Crippen LogP contribution in [0.4, 0.5) is 0 Å². The molecule has 2 heterocycles. The molecule has 37 heavy (non-hydrogen) atoms. The van der Waals surface area contributed by atoms with Gasteiger partial charge in [0.25, 0.3) is 15.9 Å². The maximum atomic E-state index is 13.2. The van der Waals surface area contributed by atoms with Crippen LogP contribution in [0.5, 0.6) is 11.5 Å². The highest BCUT2D eigenvalue weighted by Gasteiger charge is 2.44. The Morgan fingerprint density at radius 1 is 1.11 bits per heavy atom. The van der Waals surface area contributed by atoms with Crippen LogP contribution in [0.2, 0.25) is 10.0 Å². The standard InChI is InChI=1S/C25H24Cl2N2O7S/c1-15(2)17-12-16(34-3)13-20-21(17)24(30)29(37(20,32)33)14-36-25(31)22-18(26)6-7-19(23(22)27)35-11-10-28-8-4-5-9-28/h4-9,12-13,15H,10-11,14H2,1-3H3. The summed E-state index contributed by atoms with van der Waals surface area (Å²) < 4.78 is 44.9. The van der Waals surface area contributed by atoms with Gasteiger partial charge in [-0.1, -0.05) is 37.0 Å². The Balaban J connectivity index is 1.53. The van der Waals surface area contributed by atoms with Gasteiger partial charge in [-0.3, -0.25) is 4.79 Å². The minimum absolute atomic E-state index is 0.0153. The normalized spacial score (nSPS) is 14.1. The Morgan fingerprint density at radius 3 is 2.46 bits per heavy atom. The number of benzene rings is 2. The van der Waals surface area contributed by atoms with Gasteiger partial charge < -0.3 is 18.8 Å². The van der Waals surface area contributed by atoms with Crippen LogP contribution >= 0.6 is 23.2 Å². The quantitative estimate of drug-likeness (QED) is 0.337. The minimum atomic E-state index is -4.29. The summed E-state index contributed by atoms with van der Waals surface area (Å²) in [5, 5.41) is -0.103. The summed E-state index contributed by atoms with van der Waals surface area (Å²) >= 11 is 12.6. The number of ether oxygens (including phenoxy) is 3. The van der Waals surface area contributed by atoms with Crippen molar-refractivity contribution in [1.82, 2.24) is 8.87 Å². The molecule has 1 amide bonds. The van der Waals surface area contributed by atoms with Gasteiger partial charge in [-0.2, -0.15) is 4.31 Å². The van der Waals surface area contributed by atoms with Gasteiger partial charge in [0, 0.05) is 18.5 Å². The second-order valence-corrected chi connectivity index (χ2v) is 11.1.